The molecule has 0 aliphatic rings. The van der Waals surface area contributed by atoms with E-state index in [1.54, 1.807) is 24.4 Å². The van der Waals surface area contributed by atoms with Crippen molar-refractivity contribution in [3.8, 4) is 11.5 Å². The highest BCUT2D eigenvalue weighted by Gasteiger charge is 2.03. The minimum atomic E-state index is -0.263. The molecule has 1 amide bonds. The number of ether oxygens (including phenoxy) is 1. The maximum atomic E-state index is 11.3. The summed E-state index contributed by atoms with van der Waals surface area (Å²) in [6, 6.07) is 12.1. The predicted molar refractivity (Wildman–Crippen MR) is 84.4 cm³/mol. The molecule has 4 N–H and O–H groups in total. The van der Waals surface area contributed by atoms with E-state index in [0.29, 0.717) is 11.4 Å². The van der Waals surface area contributed by atoms with E-state index >= 15 is 0 Å². The quantitative estimate of drug-likeness (QED) is 0.339. The number of phenolic OH excluding ortho intramolecular Hbond substituents is 1. The lowest BCUT2D eigenvalue weighted by Crippen LogP contribution is -2.31. The number of nitrogens with two attached hydrogens (primary N) is 1. The van der Waals surface area contributed by atoms with E-state index in [1.165, 1.54) is 13.2 Å². The second kappa shape index (κ2) is 7.24. The van der Waals surface area contributed by atoms with Gasteiger partial charge in [-0.1, -0.05) is 12.1 Å². The van der Waals surface area contributed by atoms with Crippen molar-refractivity contribution in [3.63, 3.8) is 0 Å². The molecule has 0 atom stereocenters. The van der Waals surface area contributed by atoms with Gasteiger partial charge in [0, 0.05) is 17.8 Å². The Balaban J connectivity index is 2.20. The number of amides is 1. The zero-order valence-corrected chi connectivity index (χ0v) is 12.1. The molecule has 114 valence electrons. The molecule has 0 saturated carbocycles. The number of aromatic hydroxyl groups is 1. The molecule has 0 heterocycles. The molecule has 6 nitrogen and oxygen atoms in total. The van der Waals surface area contributed by atoms with Crippen molar-refractivity contribution in [3.05, 3.63) is 53.6 Å². The summed E-state index contributed by atoms with van der Waals surface area (Å²) in [4.78, 5) is 15.6. The van der Waals surface area contributed by atoms with Gasteiger partial charge in [0.15, 0.2) is 0 Å². The van der Waals surface area contributed by atoms with Crippen molar-refractivity contribution < 1.29 is 14.6 Å². The van der Waals surface area contributed by atoms with E-state index in [4.69, 9.17) is 10.6 Å². The third-order valence-corrected chi connectivity index (χ3v) is 3.01. The number of methoxy groups -OCH3 is 1. The Morgan fingerprint density at radius 2 is 2.18 bits per heavy atom. The van der Waals surface area contributed by atoms with Crippen molar-refractivity contribution in [1.29, 1.82) is 0 Å². The molecular formula is C16H17N3O3. The first kappa shape index (κ1) is 15.5. The fourth-order valence-electron chi connectivity index (χ4n) is 1.93. The fourth-order valence-corrected chi connectivity index (χ4v) is 1.93. The van der Waals surface area contributed by atoms with Gasteiger partial charge in [0.25, 0.3) is 0 Å². The third-order valence-electron chi connectivity index (χ3n) is 3.01. The van der Waals surface area contributed by atoms with Crippen LogP contribution in [0.15, 0.2) is 47.5 Å². The standard InChI is InChI=1S/C16H17N3O3/c1-22-15-9-14(20)6-5-12(15)10-18-13-4-2-3-11(7-13)8-16(21)19-17/h2-7,9-10,20H,8,17H2,1H3,(H,19,21). The number of rotatable bonds is 5. The van der Waals surface area contributed by atoms with Gasteiger partial charge in [0.1, 0.15) is 11.5 Å². The fraction of sp³-hybridized carbons (Fsp3) is 0.125. The van der Waals surface area contributed by atoms with Gasteiger partial charge in [0.05, 0.1) is 19.2 Å². The highest BCUT2D eigenvalue weighted by Crippen LogP contribution is 2.23. The van der Waals surface area contributed by atoms with E-state index < -0.39 is 0 Å². The topological polar surface area (TPSA) is 96.9 Å². The molecule has 0 fully saturated rings. The predicted octanol–water partition coefficient (Wildman–Crippen LogP) is 1.68. The molecule has 0 aliphatic carbocycles. The molecule has 0 radical (unpaired) electrons. The van der Waals surface area contributed by atoms with Crippen LogP contribution in [0, 0.1) is 0 Å². The van der Waals surface area contributed by atoms with Crippen LogP contribution in [0.2, 0.25) is 0 Å². The van der Waals surface area contributed by atoms with Crippen LogP contribution in [0.5, 0.6) is 11.5 Å². The minimum Gasteiger partial charge on any atom is -0.508 e. The molecule has 0 unspecified atom stereocenters. The van der Waals surface area contributed by atoms with E-state index in [1.807, 2.05) is 18.2 Å². The molecule has 2 aromatic carbocycles. The van der Waals surface area contributed by atoms with Crippen LogP contribution in [-0.2, 0) is 11.2 Å². The Labute approximate surface area is 128 Å². The van der Waals surface area contributed by atoms with Gasteiger partial charge in [-0.25, -0.2) is 5.84 Å². The van der Waals surface area contributed by atoms with Crippen LogP contribution in [0.1, 0.15) is 11.1 Å². The first-order valence-corrected chi connectivity index (χ1v) is 6.62. The number of aliphatic imine (C=N–C) groups is 1. The van der Waals surface area contributed by atoms with Gasteiger partial charge in [0.2, 0.25) is 5.91 Å². The van der Waals surface area contributed by atoms with Crippen molar-refractivity contribution in [2.75, 3.05) is 7.11 Å². The lowest BCUT2D eigenvalue weighted by Gasteiger charge is -2.05. The van der Waals surface area contributed by atoms with E-state index in [2.05, 4.69) is 10.4 Å². The highest BCUT2D eigenvalue weighted by atomic mass is 16.5. The Bertz CT molecular complexity index is 699. The van der Waals surface area contributed by atoms with Crippen LogP contribution in [0.25, 0.3) is 0 Å². The normalized spacial score (nSPS) is 10.6. The van der Waals surface area contributed by atoms with E-state index in [-0.39, 0.29) is 18.1 Å². The molecule has 0 aromatic heterocycles. The van der Waals surface area contributed by atoms with E-state index in [0.717, 1.165) is 11.1 Å². The Morgan fingerprint density at radius 3 is 2.91 bits per heavy atom. The molecule has 0 aliphatic heterocycles. The number of nitrogens with one attached hydrogen (secondary N) is 1. The first-order valence-electron chi connectivity index (χ1n) is 6.62. The Morgan fingerprint density at radius 1 is 1.36 bits per heavy atom. The van der Waals surface area contributed by atoms with Crippen LogP contribution < -0.4 is 16.0 Å². The van der Waals surface area contributed by atoms with Gasteiger partial charge in [-0.15, -0.1) is 0 Å². The zero-order chi connectivity index (χ0) is 15.9. The SMILES string of the molecule is COc1cc(O)ccc1C=Nc1cccc(CC(=O)NN)c1. The average Bonchev–Trinajstić information content (AvgIpc) is 2.53. The number of hydrazine groups is 1. The average molecular weight is 299 g/mol. The molecule has 6 heteroatoms. The first-order chi connectivity index (χ1) is 10.6. The van der Waals surface area contributed by atoms with Crippen LogP contribution in [0.3, 0.4) is 0 Å². The van der Waals surface area contributed by atoms with Gasteiger partial charge < -0.3 is 9.84 Å². The number of nitrogens with zero attached hydrogens (tertiary/aromatic N) is 1. The summed E-state index contributed by atoms with van der Waals surface area (Å²) in [5, 5.41) is 9.42. The molecule has 0 saturated heterocycles. The van der Waals surface area contributed by atoms with Gasteiger partial charge in [-0.05, 0) is 29.8 Å². The summed E-state index contributed by atoms with van der Waals surface area (Å²) in [5.74, 6) is 5.47. The lowest BCUT2D eigenvalue weighted by molar-refractivity contribution is -0.120. The maximum absolute atomic E-state index is 11.3. The number of hydrogen-bond acceptors (Lipinski definition) is 5. The van der Waals surface area contributed by atoms with Crippen LogP contribution in [0.4, 0.5) is 5.69 Å². The lowest BCUT2D eigenvalue weighted by atomic mass is 10.1. The summed E-state index contributed by atoms with van der Waals surface area (Å²) in [5.41, 5.74) is 4.36. The molecular weight excluding hydrogens is 282 g/mol. The molecule has 2 rings (SSSR count). The molecule has 0 bridgehead atoms. The van der Waals surface area contributed by atoms with Crippen LogP contribution >= 0.6 is 0 Å². The number of benzene rings is 2. The number of phenols is 1. The van der Waals surface area contributed by atoms with Crippen molar-refractivity contribution in [2.45, 2.75) is 6.42 Å². The van der Waals surface area contributed by atoms with E-state index in [9.17, 15) is 9.90 Å². The number of hydrogen-bond donors (Lipinski definition) is 3. The van der Waals surface area contributed by atoms with Crippen molar-refractivity contribution >= 4 is 17.8 Å². The smallest absolute Gasteiger partial charge is 0.238 e. The largest absolute Gasteiger partial charge is 0.508 e. The number of carbonyl (C=O) groups excluding carboxylic acids is 1. The summed E-state index contributed by atoms with van der Waals surface area (Å²) in [6.07, 6.45) is 1.84. The molecule has 2 aromatic rings. The molecule has 0 spiro atoms. The zero-order valence-electron chi connectivity index (χ0n) is 12.1. The summed E-state index contributed by atoms with van der Waals surface area (Å²) >= 11 is 0. The third kappa shape index (κ3) is 4.07. The highest BCUT2D eigenvalue weighted by molar-refractivity contribution is 5.86. The van der Waals surface area contributed by atoms with Crippen molar-refractivity contribution in [1.82, 2.24) is 5.43 Å². The summed E-state index contributed by atoms with van der Waals surface area (Å²) < 4.78 is 5.19. The second-order valence-electron chi connectivity index (χ2n) is 4.60. The monoisotopic (exact) mass is 299 g/mol. The van der Waals surface area contributed by atoms with Gasteiger partial charge in [-0.3, -0.25) is 15.2 Å². The number of carbonyl (C=O) groups is 1. The van der Waals surface area contributed by atoms with Gasteiger partial charge >= 0.3 is 0 Å². The Kier molecular flexibility index (Phi) is 5.11. The second-order valence-corrected chi connectivity index (χ2v) is 4.60. The summed E-state index contributed by atoms with van der Waals surface area (Å²) in [7, 11) is 1.53. The summed E-state index contributed by atoms with van der Waals surface area (Å²) in [6.45, 7) is 0. The minimum absolute atomic E-state index is 0.129. The van der Waals surface area contributed by atoms with Crippen LogP contribution in [-0.4, -0.2) is 24.3 Å². The molecule has 22 heavy (non-hydrogen) atoms. The maximum Gasteiger partial charge on any atom is 0.238 e. The Hall–Kier alpha value is -2.86. The van der Waals surface area contributed by atoms with Gasteiger partial charge in [-0.2, -0.15) is 0 Å². The van der Waals surface area contributed by atoms with Crippen molar-refractivity contribution in [2.24, 2.45) is 10.8 Å².